The van der Waals surface area contributed by atoms with Gasteiger partial charge in [0.25, 0.3) is 10.0 Å². The van der Waals surface area contributed by atoms with E-state index < -0.39 is 22.1 Å². The molecule has 0 aromatic heterocycles. The van der Waals surface area contributed by atoms with Gasteiger partial charge in [-0.15, -0.1) is 0 Å². The summed E-state index contributed by atoms with van der Waals surface area (Å²) in [6.07, 6.45) is -1.06. The van der Waals surface area contributed by atoms with E-state index in [1.807, 2.05) is 0 Å². The SMILES string of the molecule is CON(C)S(=O)(=O)c1cc(C(=O)O[C@@H](C)C(=O)c2ccc(Br)cc2)ccc1Cl. The number of rotatable bonds is 7. The van der Waals surface area contributed by atoms with Gasteiger partial charge in [0, 0.05) is 17.1 Å². The monoisotopic (exact) mass is 489 g/mol. The van der Waals surface area contributed by atoms with Crippen molar-refractivity contribution in [1.82, 2.24) is 4.47 Å². The number of carbonyl (C=O) groups is 2. The maximum absolute atomic E-state index is 12.4. The van der Waals surface area contributed by atoms with Crippen molar-refractivity contribution in [1.29, 1.82) is 0 Å². The summed E-state index contributed by atoms with van der Waals surface area (Å²) in [5, 5.41) is -0.0839. The lowest BCUT2D eigenvalue weighted by molar-refractivity contribution is -0.0258. The van der Waals surface area contributed by atoms with Gasteiger partial charge in [-0.2, -0.15) is 0 Å². The van der Waals surface area contributed by atoms with Gasteiger partial charge < -0.3 is 4.74 Å². The standard InChI is InChI=1S/C18H17BrClNO6S/c1-11(17(22)12-4-7-14(19)8-5-12)27-18(23)13-6-9-15(20)16(10-13)28(24,25)21(2)26-3/h4-11H,1-3H3/t11-/m0/s1. The number of esters is 1. The topological polar surface area (TPSA) is 90.0 Å². The molecule has 1 atom stereocenters. The normalized spacial score (nSPS) is 12.6. The van der Waals surface area contributed by atoms with Crippen LogP contribution < -0.4 is 0 Å². The molecule has 0 heterocycles. The molecule has 0 aliphatic heterocycles. The summed E-state index contributed by atoms with van der Waals surface area (Å²) < 4.78 is 31.4. The van der Waals surface area contributed by atoms with Crippen molar-refractivity contribution >= 4 is 49.3 Å². The minimum Gasteiger partial charge on any atom is -0.451 e. The Balaban J connectivity index is 2.24. The second kappa shape index (κ2) is 9.15. The zero-order valence-corrected chi connectivity index (χ0v) is 18.3. The van der Waals surface area contributed by atoms with E-state index >= 15 is 0 Å². The van der Waals surface area contributed by atoms with E-state index in [1.165, 1.54) is 33.2 Å². The van der Waals surface area contributed by atoms with Gasteiger partial charge in [0.05, 0.1) is 17.7 Å². The molecule has 0 amide bonds. The van der Waals surface area contributed by atoms with Crippen molar-refractivity contribution < 1.29 is 27.6 Å². The molecule has 0 unspecified atom stereocenters. The van der Waals surface area contributed by atoms with Gasteiger partial charge >= 0.3 is 5.97 Å². The highest BCUT2D eigenvalue weighted by Gasteiger charge is 2.26. The lowest BCUT2D eigenvalue weighted by atomic mass is 10.1. The number of hydrogen-bond acceptors (Lipinski definition) is 6. The Morgan fingerprint density at radius 3 is 2.25 bits per heavy atom. The summed E-state index contributed by atoms with van der Waals surface area (Å²) in [7, 11) is -1.70. The third-order valence-electron chi connectivity index (χ3n) is 3.82. The molecule has 2 aromatic carbocycles. The summed E-state index contributed by atoms with van der Waals surface area (Å²) in [5.74, 6) is -1.24. The Kier molecular flexibility index (Phi) is 7.35. The highest BCUT2D eigenvalue weighted by Crippen LogP contribution is 2.26. The molecular weight excluding hydrogens is 474 g/mol. The second-order valence-electron chi connectivity index (χ2n) is 5.66. The molecule has 0 aliphatic rings. The summed E-state index contributed by atoms with van der Waals surface area (Å²) in [6.45, 7) is 1.44. The van der Waals surface area contributed by atoms with E-state index in [-0.39, 0.29) is 21.3 Å². The van der Waals surface area contributed by atoms with Crippen LogP contribution in [0.1, 0.15) is 27.6 Å². The third-order valence-corrected chi connectivity index (χ3v) is 6.51. The van der Waals surface area contributed by atoms with Gasteiger partial charge in [-0.3, -0.25) is 9.63 Å². The van der Waals surface area contributed by atoms with Gasteiger partial charge in [-0.1, -0.05) is 44.1 Å². The number of ether oxygens (including phenoxy) is 1. The van der Waals surface area contributed by atoms with E-state index in [2.05, 4.69) is 15.9 Å². The molecule has 0 saturated heterocycles. The lowest BCUT2D eigenvalue weighted by Crippen LogP contribution is -2.27. The van der Waals surface area contributed by atoms with Gasteiger partial charge in [0.1, 0.15) is 4.90 Å². The molecule has 2 aromatic rings. The van der Waals surface area contributed by atoms with Gasteiger partial charge in [-0.05, 0) is 37.3 Å². The van der Waals surface area contributed by atoms with E-state index in [1.54, 1.807) is 24.3 Å². The first-order chi connectivity index (χ1) is 13.1. The molecular formula is C18H17BrClNO6S. The van der Waals surface area contributed by atoms with Crippen LogP contribution in [0.4, 0.5) is 0 Å². The molecule has 150 valence electrons. The maximum Gasteiger partial charge on any atom is 0.338 e. The van der Waals surface area contributed by atoms with Crippen LogP contribution in [0.5, 0.6) is 0 Å². The van der Waals surface area contributed by atoms with Crippen LogP contribution in [0.3, 0.4) is 0 Å². The van der Waals surface area contributed by atoms with Crippen LogP contribution in [0, 0.1) is 0 Å². The first-order valence-electron chi connectivity index (χ1n) is 7.91. The van der Waals surface area contributed by atoms with Gasteiger partial charge in [0.15, 0.2) is 6.10 Å². The zero-order valence-electron chi connectivity index (χ0n) is 15.2. The van der Waals surface area contributed by atoms with Crippen molar-refractivity contribution in [3.63, 3.8) is 0 Å². The van der Waals surface area contributed by atoms with Crippen molar-refractivity contribution in [3.05, 3.63) is 63.1 Å². The van der Waals surface area contributed by atoms with Crippen molar-refractivity contribution in [2.75, 3.05) is 14.2 Å². The van der Waals surface area contributed by atoms with Crippen molar-refractivity contribution in [3.8, 4) is 0 Å². The fourth-order valence-corrected chi connectivity index (χ4v) is 3.93. The minimum absolute atomic E-state index is 0.0667. The highest BCUT2D eigenvalue weighted by molar-refractivity contribution is 9.10. The van der Waals surface area contributed by atoms with Crippen LogP contribution in [0.25, 0.3) is 0 Å². The minimum atomic E-state index is -4.07. The average Bonchev–Trinajstić information content (AvgIpc) is 2.67. The molecule has 0 spiro atoms. The van der Waals surface area contributed by atoms with Crippen LogP contribution in [-0.4, -0.2) is 44.9 Å². The number of halogens is 2. The van der Waals surface area contributed by atoms with E-state index in [9.17, 15) is 18.0 Å². The number of hydroxylamine groups is 1. The highest BCUT2D eigenvalue weighted by atomic mass is 79.9. The predicted molar refractivity (Wildman–Crippen MR) is 107 cm³/mol. The number of sulfonamides is 1. The Morgan fingerprint density at radius 2 is 1.68 bits per heavy atom. The number of Topliss-reactive ketones (excluding diaryl/α,β-unsaturated/α-hetero) is 1. The summed E-state index contributed by atoms with van der Waals surface area (Å²) >= 11 is 9.24. The Hall–Kier alpha value is -1.78. The Labute approximate surface area is 176 Å². The summed E-state index contributed by atoms with van der Waals surface area (Å²) in [5.41, 5.74) is 0.313. The lowest BCUT2D eigenvalue weighted by Gasteiger charge is -2.16. The first-order valence-corrected chi connectivity index (χ1v) is 10.5. The molecule has 0 fully saturated rings. The second-order valence-corrected chi connectivity index (χ2v) is 8.89. The Morgan fingerprint density at radius 1 is 1.11 bits per heavy atom. The predicted octanol–water partition coefficient (Wildman–Crippen LogP) is 3.71. The van der Waals surface area contributed by atoms with E-state index in [4.69, 9.17) is 21.2 Å². The van der Waals surface area contributed by atoms with Gasteiger partial charge in [0.2, 0.25) is 5.78 Å². The van der Waals surface area contributed by atoms with Gasteiger partial charge in [-0.25, -0.2) is 13.2 Å². The first kappa shape index (κ1) is 22.5. The molecule has 0 radical (unpaired) electrons. The molecule has 2 rings (SSSR count). The number of ketones is 1. The average molecular weight is 491 g/mol. The fraction of sp³-hybridized carbons (Fsp3) is 0.222. The van der Waals surface area contributed by atoms with Crippen LogP contribution in [0.2, 0.25) is 5.02 Å². The third kappa shape index (κ3) is 4.98. The molecule has 28 heavy (non-hydrogen) atoms. The molecule has 0 saturated carbocycles. The number of hydrogen-bond donors (Lipinski definition) is 0. The smallest absolute Gasteiger partial charge is 0.338 e. The zero-order chi connectivity index (χ0) is 21.1. The summed E-state index contributed by atoms with van der Waals surface area (Å²) in [4.78, 5) is 29.2. The largest absolute Gasteiger partial charge is 0.451 e. The number of benzene rings is 2. The number of carbonyl (C=O) groups excluding carboxylic acids is 2. The molecule has 10 heteroatoms. The maximum atomic E-state index is 12.4. The van der Waals surface area contributed by atoms with Crippen LogP contribution >= 0.6 is 27.5 Å². The molecule has 0 bridgehead atoms. The van der Waals surface area contributed by atoms with E-state index in [0.29, 0.717) is 10.0 Å². The Bertz CT molecular complexity index is 994. The van der Waals surface area contributed by atoms with Crippen LogP contribution in [0.15, 0.2) is 51.8 Å². The molecule has 0 N–H and O–H groups in total. The fourth-order valence-electron chi connectivity index (χ4n) is 2.20. The van der Waals surface area contributed by atoms with E-state index in [0.717, 1.165) is 10.5 Å². The molecule has 7 nitrogen and oxygen atoms in total. The van der Waals surface area contributed by atoms with Crippen molar-refractivity contribution in [2.24, 2.45) is 0 Å². The van der Waals surface area contributed by atoms with Crippen molar-refractivity contribution in [2.45, 2.75) is 17.9 Å². The number of nitrogens with zero attached hydrogens (tertiary/aromatic N) is 1. The molecule has 0 aliphatic carbocycles. The van der Waals surface area contributed by atoms with Crippen LogP contribution in [-0.2, 0) is 19.6 Å². The summed E-state index contributed by atoms with van der Waals surface area (Å²) in [6, 6.07) is 10.2. The quantitative estimate of drug-likeness (QED) is 0.334.